The first-order valence-electron chi connectivity index (χ1n) is 6.54. The zero-order valence-corrected chi connectivity index (χ0v) is 12.5. The molecule has 0 fully saturated rings. The van der Waals surface area contributed by atoms with Gasteiger partial charge in [0.25, 0.3) is 0 Å². The van der Waals surface area contributed by atoms with Crippen molar-refractivity contribution in [3.05, 3.63) is 30.1 Å². The molecule has 0 aliphatic heterocycles. The number of rotatable bonds is 6. The van der Waals surface area contributed by atoms with E-state index in [1.165, 1.54) is 17.0 Å². The maximum Gasteiger partial charge on any atom is 0.248 e. The number of amides is 1. The highest BCUT2D eigenvalue weighted by atomic mass is 19.1. The van der Waals surface area contributed by atoms with Crippen molar-refractivity contribution < 1.29 is 18.7 Å². The fraction of sp³-hybridized carbons (Fsp3) is 0.533. The van der Waals surface area contributed by atoms with Crippen LogP contribution in [-0.4, -0.2) is 43.2 Å². The number of nitrogens with zero attached hydrogens (tertiary/aromatic N) is 1. The summed E-state index contributed by atoms with van der Waals surface area (Å²) < 4.78 is 23.7. The van der Waals surface area contributed by atoms with Crippen LogP contribution in [0.15, 0.2) is 24.3 Å². The number of benzene rings is 1. The van der Waals surface area contributed by atoms with Gasteiger partial charge >= 0.3 is 0 Å². The van der Waals surface area contributed by atoms with Crippen molar-refractivity contribution in [2.24, 2.45) is 0 Å². The van der Waals surface area contributed by atoms with Crippen LogP contribution in [0.3, 0.4) is 0 Å². The van der Waals surface area contributed by atoms with Gasteiger partial charge in [-0.25, -0.2) is 4.39 Å². The Morgan fingerprint density at radius 1 is 1.35 bits per heavy atom. The Bertz CT molecular complexity index is 443. The van der Waals surface area contributed by atoms with Crippen molar-refractivity contribution in [3.63, 3.8) is 0 Å². The maximum absolute atomic E-state index is 12.9. The lowest BCUT2D eigenvalue weighted by Gasteiger charge is -2.22. The molecule has 1 amide bonds. The first-order chi connectivity index (χ1) is 9.28. The van der Waals surface area contributed by atoms with E-state index in [1.54, 1.807) is 19.2 Å². The van der Waals surface area contributed by atoms with E-state index < -0.39 is 0 Å². The van der Waals surface area contributed by atoms with Crippen LogP contribution >= 0.6 is 0 Å². The second-order valence-electron chi connectivity index (χ2n) is 5.52. The van der Waals surface area contributed by atoms with Crippen LogP contribution in [0.25, 0.3) is 0 Å². The Labute approximate surface area is 119 Å². The molecule has 0 saturated heterocycles. The van der Waals surface area contributed by atoms with Crippen LogP contribution in [0.2, 0.25) is 0 Å². The van der Waals surface area contributed by atoms with Crippen LogP contribution in [0.4, 0.5) is 4.39 Å². The molecule has 1 aromatic carbocycles. The Hall–Kier alpha value is -1.62. The highest BCUT2D eigenvalue weighted by Gasteiger charge is 2.15. The molecule has 5 heteroatoms. The van der Waals surface area contributed by atoms with Crippen LogP contribution in [0.5, 0.6) is 5.75 Å². The molecule has 4 nitrogen and oxygen atoms in total. The van der Waals surface area contributed by atoms with E-state index in [1.807, 2.05) is 20.8 Å². The number of hydrogen-bond donors (Lipinski definition) is 0. The first-order valence-corrected chi connectivity index (χ1v) is 6.54. The summed E-state index contributed by atoms with van der Waals surface area (Å²) >= 11 is 0. The van der Waals surface area contributed by atoms with Crippen LogP contribution < -0.4 is 4.74 Å². The Balaban J connectivity index is 2.29. The molecule has 0 aliphatic rings. The van der Waals surface area contributed by atoms with Gasteiger partial charge < -0.3 is 14.4 Å². The van der Waals surface area contributed by atoms with Crippen LogP contribution in [0.1, 0.15) is 20.8 Å². The fourth-order valence-corrected chi connectivity index (χ4v) is 1.37. The Kier molecular flexibility index (Phi) is 5.95. The van der Waals surface area contributed by atoms with E-state index in [0.717, 1.165) is 0 Å². The molecular formula is C15H22FNO3. The predicted molar refractivity (Wildman–Crippen MR) is 75.2 cm³/mol. The lowest BCUT2D eigenvalue weighted by molar-refractivity contribution is -0.140. The van der Waals surface area contributed by atoms with Crippen LogP contribution in [0, 0.1) is 5.82 Å². The molecule has 0 bridgehead atoms. The first kappa shape index (κ1) is 16.4. The van der Waals surface area contributed by atoms with Gasteiger partial charge in [0.1, 0.15) is 24.8 Å². The van der Waals surface area contributed by atoms with E-state index in [-0.39, 0.29) is 23.9 Å². The monoisotopic (exact) mass is 283 g/mol. The zero-order valence-electron chi connectivity index (χ0n) is 12.5. The van der Waals surface area contributed by atoms with Crippen molar-refractivity contribution >= 4 is 5.91 Å². The van der Waals surface area contributed by atoms with Gasteiger partial charge in [-0.05, 0) is 32.9 Å². The smallest absolute Gasteiger partial charge is 0.248 e. The Morgan fingerprint density at radius 2 is 2.05 bits per heavy atom. The lowest BCUT2D eigenvalue weighted by atomic mass is 10.2. The molecule has 0 atom stereocenters. The van der Waals surface area contributed by atoms with Gasteiger partial charge in [0.2, 0.25) is 5.91 Å². The number of likely N-dealkylation sites (N-methyl/N-ethyl adjacent to an activating group) is 1. The second-order valence-corrected chi connectivity index (χ2v) is 5.52. The minimum atomic E-state index is -0.342. The molecule has 0 heterocycles. The van der Waals surface area contributed by atoms with Gasteiger partial charge in [-0.1, -0.05) is 6.07 Å². The summed E-state index contributed by atoms with van der Waals surface area (Å²) in [6.45, 7) is 6.46. The van der Waals surface area contributed by atoms with Crippen molar-refractivity contribution in [1.82, 2.24) is 4.90 Å². The maximum atomic E-state index is 12.9. The predicted octanol–water partition coefficient (Wildman–Crippen LogP) is 2.48. The molecule has 0 saturated carbocycles. The van der Waals surface area contributed by atoms with Gasteiger partial charge in [0.05, 0.1) is 12.1 Å². The molecule has 1 rings (SSSR count). The fourth-order valence-electron chi connectivity index (χ4n) is 1.37. The molecule has 0 unspecified atom stereocenters. The van der Waals surface area contributed by atoms with E-state index in [9.17, 15) is 9.18 Å². The molecule has 20 heavy (non-hydrogen) atoms. The third-order valence-corrected chi connectivity index (χ3v) is 2.55. The summed E-state index contributed by atoms with van der Waals surface area (Å²) in [4.78, 5) is 13.3. The standard InChI is InChI=1S/C15H22FNO3/c1-15(2,3)20-11-14(18)17(4)8-9-19-13-7-5-6-12(16)10-13/h5-7,10H,8-9,11H2,1-4H3. The van der Waals surface area contributed by atoms with E-state index in [0.29, 0.717) is 18.9 Å². The normalized spacial score (nSPS) is 11.2. The third-order valence-electron chi connectivity index (χ3n) is 2.55. The number of halogens is 1. The largest absolute Gasteiger partial charge is 0.492 e. The summed E-state index contributed by atoms with van der Waals surface area (Å²) in [5.74, 6) is 0.00469. The third kappa shape index (κ3) is 6.52. The highest BCUT2D eigenvalue weighted by molar-refractivity contribution is 5.77. The summed E-state index contributed by atoms with van der Waals surface area (Å²) in [6, 6.07) is 5.92. The quantitative estimate of drug-likeness (QED) is 0.805. The van der Waals surface area contributed by atoms with Crippen molar-refractivity contribution in [3.8, 4) is 5.75 Å². The van der Waals surface area contributed by atoms with Gasteiger partial charge in [-0.15, -0.1) is 0 Å². The number of ether oxygens (including phenoxy) is 2. The van der Waals surface area contributed by atoms with Crippen molar-refractivity contribution in [1.29, 1.82) is 0 Å². The molecule has 0 N–H and O–H groups in total. The summed E-state index contributed by atoms with van der Waals surface area (Å²) in [6.07, 6.45) is 0. The van der Waals surface area contributed by atoms with Crippen molar-refractivity contribution in [2.45, 2.75) is 26.4 Å². The summed E-state index contributed by atoms with van der Waals surface area (Å²) in [5.41, 5.74) is -0.339. The second kappa shape index (κ2) is 7.24. The van der Waals surface area contributed by atoms with Gasteiger partial charge in [0.15, 0.2) is 0 Å². The molecule has 112 valence electrons. The molecule has 1 aromatic rings. The highest BCUT2D eigenvalue weighted by Crippen LogP contribution is 2.11. The Morgan fingerprint density at radius 3 is 2.65 bits per heavy atom. The lowest BCUT2D eigenvalue weighted by Crippen LogP contribution is -2.36. The zero-order chi connectivity index (χ0) is 15.2. The molecule has 0 aromatic heterocycles. The number of carbonyl (C=O) groups excluding carboxylic acids is 1. The SMILES string of the molecule is CN(CCOc1cccc(F)c1)C(=O)COC(C)(C)C. The van der Waals surface area contributed by atoms with Gasteiger partial charge in [0, 0.05) is 13.1 Å². The number of carbonyl (C=O) groups is 1. The average Bonchev–Trinajstić information content (AvgIpc) is 2.35. The minimum Gasteiger partial charge on any atom is -0.492 e. The van der Waals surface area contributed by atoms with Gasteiger partial charge in [-0.2, -0.15) is 0 Å². The number of hydrogen-bond acceptors (Lipinski definition) is 3. The molecule has 0 radical (unpaired) electrons. The molecule has 0 aliphatic carbocycles. The summed E-state index contributed by atoms with van der Waals surface area (Å²) in [5, 5.41) is 0. The molecular weight excluding hydrogens is 261 g/mol. The topological polar surface area (TPSA) is 38.8 Å². The van der Waals surface area contributed by atoms with Gasteiger partial charge in [-0.3, -0.25) is 4.79 Å². The molecule has 0 spiro atoms. The minimum absolute atomic E-state index is 0.0416. The summed E-state index contributed by atoms with van der Waals surface area (Å²) in [7, 11) is 1.68. The van der Waals surface area contributed by atoms with E-state index in [4.69, 9.17) is 9.47 Å². The van der Waals surface area contributed by atoms with E-state index >= 15 is 0 Å². The average molecular weight is 283 g/mol. The van der Waals surface area contributed by atoms with Crippen LogP contribution in [-0.2, 0) is 9.53 Å². The van der Waals surface area contributed by atoms with E-state index in [2.05, 4.69) is 0 Å². The van der Waals surface area contributed by atoms with Crippen molar-refractivity contribution in [2.75, 3.05) is 26.8 Å².